The molecule has 0 spiro atoms. The van der Waals surface area contributed by atoms with Crippen molar-refractivity contribution in [1.82, 2.24) is 15.5 Å². The maximum Gasteiger partial charge on any atom is 0.311 e. The fraction of sp³-hybridized carbons (Fsp3) is 0.889. The molecule has 128 valence electrons. The quantitative estimate of drug-likeness (QED) is 0.750. The van der Waals surface area contributed by atoms with E-state index in [1.807, 2.05) is 0 Å². The molecular formula is C18H29N3O2. The fourth-order valence-corrected chi connectivity index (χ4v) is 6.13. The maximum atomic E-state index is 12.4. The van der Waals surface area contributed by atoms with Crippen molar-refractivity contribution in [2.24, 2.45) is 23.2 Å². The van der Waals surface area contributed by atoms with Crippen LogP contribution >= 0.6 is 0 Å². The van der Waals surface area contributed by atoms with Crippen molar-refractivity contribution >= 4 is 11.8 Å². The van der Waals surface area contributed by atoms with Crippen LogP contribution in [-0.4, -0.2) is 48.9 Å². The van der Waals surface area contributed by atoms with E-state index < -0.39 is 5.91 Å². The second-order valence-corrected chi connectivity index (χ2v) is 8.52. The first-order valence-electron chi connectivity index (χ1n) is 9.36. The Morgan fingerprint density at radius 2 is 1.57 bits per heavy atom. The van der Waals surface area contributed by atoms with Gasteiger partial charge in [0.15, 0.2) is 0 Å². The average Bonchev–Trinajstić information content (AvgIpc) is 2.53. The molecule has 0 radical (unpaired) electrons. The highest BCUT2D eigenvalue weighted by Gasteiger charge is 2.53. The summed E-state index contributed by atoms with van der Waals surface area (Å²) < 4.78 is 0. The molecule has 5 rings (SSSR count). The number of nitrogens with one attached hydrogen (secondary N) is 2. The van der Waals surface area contributed by atoms with Gasteiger partial charge in [-0.25, -0.2) is 0 Å². The maximum absolute atomic E-state index is 12.4. The second-order valence-electron chi connectivity index (χ2n) is 8.52. The molecular weight excluding hydrogens is 290 g/mol. The van der Waals surface area contributed by atoms with Gasteiger partial charge in [0.1, 0.15) is 0 Å². The summed E-state index contributed by atoms with van der Waals surface area (Å²) in [6, 6.07) is 0.121. The lowest BCUT2D eigenvalue weighted by atomic mass is 9.48. The minimum absolute atomic E-state index is 0.121. The number of nitrogens with zero attached hydrogens (tertiary/aromatic N) is 1. The van der Waals surface area contributed by atoms with Crippen molar-refractivity contribution < 1.29 is 9.59 Å². The second kappa shape index (κ2) is 5.76. The molecule has 2 amide bonds. The van der Waals surface area contributed by atoms with Crippen LogP contribution in [0.2, 0.25) is 0 Å². The molecule has 1 saturated heterocycles. The Kier molecular flexibility index (Phi) is 3.87. The van der Waals surface area contributed by atoms with E-state index in [0.717, 1.165) is 30.8 Å². The van der Waals surface area contributed by atoms with E-state index in [1.54, 1.807) is 4.90 Å². The summed E-state index contributed by atoms with van der Waals surface area (Å²) in [5, 5.41) is 6.30. The Hall–Kier alpha value is -1.10. The molecule has 0 aromatic rings. The van der Waals surface area contributed by atoms with Gasteiger partial charge in [0.25, 0.3) is 0 Å². The van der Waals surface area contributed by atoms with Crippen LogP contribution in [0, 0.1) is 23.2 Å². The first-order chi connectivity index (χ1) is 11.1. The normalized spacial score (nSPS) is 40.0. The molecule has 23 heavy (non-hydrogen) atoms. The van der Waals surface area contributed by atoms with Crippen molar-refractivity contribution in [2.75, 3.05) is 26.2 Å². The summed E-state index contributed by atoms with van der Waals surface area (Å²) in [5.41, 5.74) is 0.258. The van der Waals surface area contributed by atoms with Crippen LogP contribution < -0.4 is 10.6 Å². The van der Waals surface area contributed by atoms with Crippen molar-refractivity contribution in [3.8, 4) is 0 Å². The zero-order valence-corrected chi connectivity index (χ0v) is 14.1. The smallest absolute Gasteiger partial charge is 0.311 e. The summed E-state index contributed by atoms with van der Waals surface area (Å²) in [6.07, 6.45) is 7.96. The monoisotopic (exact) mass is 319 g/mol. The third-order valence-electron chi connectivity index (χ3n) is 6.95. The van der Waals surface area contributed by atoms with Gasteiger partial charge in [0.2, 0.25) is 0 Å². The SMILES string of the molecule is CC(NC(=O)C(=O)N1CCNCC1)C12CC3CC(CC(C3)C1)C2. The number of piperazine rings is 1. The van der Waals surface area contributed by atoms with Crippen LogP contribution in [0.15, 0.2) is 0 Å². The topological polar surface area (TPSA) is 61.4 Å². The van der Waals surface area contributed by atoms with E-state index in [4.69, 9.17) is 0 Å². The number of hydrogen-bond donors (Lipinski definition) is 2. The Balaban J connectivity index is 1.40. The fourth-order valence-electron chi connectivity index (χ4n) is 6.13. The van der Waals surface area contributed by atoms with Gasteiger partial charge in [-0.15, -0.1) is 0 Å². The summed E-state index contributed by atoms with van der Waals surface area (Å²) in [6.45, 7) is 4.97. The Morgan fingerprint density at radius 3 is 2.09 bits per heavy atom. The van der Waals surface area contributed by atoms with Gasteiger partial charge in [-0.05, 0) is 68.6 Å². The van der Waals surface area contributed by atoms with E-state index >= 15 is 0 Å². The third-order valence-corrected chi connectivity index (χ3v) is 6.95. The molecule has 1 aliphatic heterocycles. The van der Waals surface area contributed by atoms with E-state index in [9.17, 15) is 9.59 Å². The molecule has 0 aromatic carbocycles. The molecule has 4 saturated carbocycles. The Bertz CT molecular complexity index is 463. The number of carbonyl (C=O) groups excluding carboxylic acids is 2. The predicted molar refractivity (Wildman–Crippen MR) is 87.7 cm³/mol. The van der Waals surface area contributed by atoms with Gasteiger partial charge in [-0.3, -0.25) is 9.59 Å². The van der Waals surface area contributed by atoms with Crippen LogP contribution in [0.1, 0.15) is 45.4 Å². The molecule has 1 unspecified atom stereocenters. The Morgan fingerprint density at radius 1 is 1.04 bits per heavy atom. The number of amides is 2. The molecule has 5 aliphatic rings. The first kappa shape index (κ1) is 15.4. The summed E-state index contributed by atoms with van der Waals surface area (Å²) in [5.74, 6) is 1.86. The van der Waals surface area contributed by atoms with Crippen LogP contribution in [0.4, 0.5) is 0 Å². The van der Waals surface area contributed by atoms with E-state index in [0.29, 0.717) is 13.1 Å². The highest BCUT2D eigenvalue weighted by molar-refractivity contribution is 6.35. The number of hydrogen-bond acceptors (Lipinski definition) is 3. The van der Waals surface area contributed by atoms with Crippen LogP contribution in [-0.2, 0) is 9.59 Å². The minimum Gasteiger partial charge on any atom is -0.345 e. The van der Waals surface area contributed by atoms with Crippen molar-refractivity contribution in [3.05, 3.63) is 0 Å². The molecule has 5 heteroatoms. The van der Waals surface area contributed by atoms with Gasteiger partial charge in [-0.2, -0.15) is 0 Å². The molecule has 0 aromatic heterocycles. The van der Waals surface area contributed by atoms with Gasteiger partial charge < -0.3 is 15.5 Å². The van der Waals surface area contributed by atoms with Gasteiger partial charge >= 0.3 is 11.8 Å². The van der Waals surface area contributed by atoms with E-state index in [1.165, 1.54) is 38.5 Å². The largest absolute Gasteiger partial charge is 0.345 e. The summed E-state index contributed by atoms with van der Waals surface area (Å²) >= 11 is 0. The first-order valence-corrected chi connectivity index (χ1v) is 9.36. The van der Waals surface area contributed by atoms with Crippen molar-refractivity contribution in [3.63, 3.8) is 0 Å². The van der Waals surface area contributed by atoms with Crippen molar-refractivity contribution in [1.29, 1.82) is 0 Å². The van der Waals surface area contributed by atoms with E-state index in [2.05, 4.69) is 17.6 Å². The Labute approximate surface area is 138 Å². The molecule has 1 atom stereocenters. The lowest BCUT2D eigenvalue weighted by Gasteiger charge is -2.59. The van der Waals surface area contributed by atoms with Gasteiger partial charge in [0, 0.05) is 32.2 Å². The lowest BCUT2D eigenvalue weighted by molar-refractivity contribution is -0.148. The van der Waals surface area contributed by atoms with Gasteiger partial charge in [-0.1, -0.05) is 0 Å². The van der Waals surface area contributed by atoms with Crippen molar-refractivity contribution in [2.45, 2.75) is 51.5 Å². The number of rotatable bonds is 2. The zero-order chi connectivity index (χ0) is 16.0. The third kappa shape index (κ3) is 2.77. The molecule has 4 bridgehead atoms. The van der Waals surface area contributed by atoms with Crippen LogP contribution in [0.5, 0.6) is 0 Å². The standard InChI is InChI=1S/C18H29N3O2/c1-12(20-16(22)17(23)21-4-2-19-3-5-21)18-9-13-6-14(10-18)8-15(7-13)11-18/h12-15,19H,2-11H2,1H3,(H,20,22). The molecule has 5 fully saturated rings. The van der Waals surface area contributed by atoms with Gasteiger partial charge in [0.05, 0.1) is 0 Å². The number of carbonyl (C=O) groups is 2. The molecule has 1 heterocycles. The highest BCUT2D eigenvalue weighted by Crippen LogP contribution is 2.61. The summed E-state index contributed by atoms with van der Waals surface area (Å²) in [7, 11) is 0. The average molecular weight is 319 g/mol. The predicted octanol–water partition coefficient (Wildman–Crippen LogP) is 1.14. The molecule has 5 nitrogen and oxygen atoms in total. The minimum atomic E-state index is -0.393. The van der Waals surface area contributed by atoms with Crippen LogP contribution in [0.3, 0.4) is 0 Å². The summed E-state index contributed by atoms with van der Waals surface area (Å²) in [4.78, 5) is 26.4. The molecule has 2 N–H and O–H groups in total. The van der Waals surface area contributed by atoms with Crippen LogP contribution in [0.25, 0.3) is 0 Å². The zero-order valence-electron chi connectivity index (χ0n) is 14.1. The van der Waals surface area contributed by atoms with E-state index in [-0.39, 0.29) is 17.4 Å². The highest BCUT2D eigenvalue weighted by atomic mass is 16.2. The lowest BCUT2D eigenvalue weighted by Crippen LogP contribution is -2.58. The molecule has 4 aliphatic carbocycles.